The number of fused-ring (bicyclic) bond motifs is 2. The third-order valence-electron chi connectivity index (χ3n) is 6.09. The molecule has 1 saturated carbocycles. The van der Waals surface area contributed by atoms with Gasteiger partial charge in [-0.3, -0.25) is 4.79 Å². The van der Waals surface area contributed by atoms with Crippen LogP contribution in [0.2, 0.25) is 0 Å². The second-order valence-corrected chi connectivity index (χ2v) is 8.43. The topological polar surface area (TPSA) is 96.8 Å². The summed E-state index contributed by atoms with van der Waals surface area (Å²) >= 11 is 0. The van der Waals surface area contributed by atoms with Crippen molar-refractivity contribution in [2.75, 3.05) is 13.2 Å². The summed E-state index contributed by atoms with van der Waals surface area (Å²) in [5.41, 5.74) is 0.941. The van der Waals surface area contributed by atoms with E-state index in [1.165, 1.54) is 6.42 Å². The smallest absolute Gasteiger partial charge is 0.318 e. The van der Waals surface area contributed by atoms with Crippen molar-refractivity contribution in [3.05, 3.63) is 58.3 Å². The number of aromatic nitrogens is 1. The van der Waals surface area contributed by atoms with E-state index in [2.05, 4.69) is 10.3 Å². The standard InChI is InChI=1S/C24H27N3O5/c28-23-17(11-16-12-21-22(13-20(16)26-23)32-10-9-31-21)14-27(15-19-7-4-8-30-19)24(29)25-18-5-2-1-3-6-18/h4,7-8,11-13,18H,1-3,5-6,9-10,14-15H2,(H,25,29)(H,26,28). The number of H-pyrrole nitrogens is 1. The van der Waals surface area contributed by atoms with Crippen molar-refractivity contribution in [2.24, 2.45) is 0 Å². The van der Waals surface area contributed by atoms with Crippen molar-refractivity contribution in [2.45, 2.75) is 51.2 Å². The molecule has 2 aliphatic rings. The second-order valence-electron chi connectivity index (χ2n) is 8.43. The number of urea groups is 1. The lowest BCUT2D eigenvalue weighted by Crippen LogP contribution is -2.45. The fourth-order valence-electron chi connectivity index (χ4n) is 4.41. The number of amides is 2. The summed E-state index contributed by atoms with van der Waals surface area (Å²) in [5.74, 6) is 1.95. The zero-order valence-corrected chi connectivity index (χ0v) is 17.9. The predicted octanol–water partition coefficient (Wildman–Crippen LogP) is 3.94. The van der Waals surface area contributed by atoms with Crippen LogP contribution in [0.3, 0.4) is 0 Å². The van der Waals surface area contributed by atoms with Gasteiger partial charge in [-0.25, -0.2) is 4.79 Å². The highest BCUT2D eigenvalue weighted by Crippen LogP contribution is 2.33. The highest BCUT2D eigenvalue weighted by molar-refractivity contribution is 5.83. The first-order chi connectivity index (χ1) is 15.7. The van der Waals surface area contributed by atoms with Crippen LogP contribution < -0.4 is 20.3 Å². The van der Waals surface area contributed by atoms with Crippen LogP contribution in [0.5, 0.6) is 11.5 Å². The van der Waals surface area contributed by atoms with Gasteiger partial charge in [-0.15, -0.1) is 0 Å². The van der Waals surface area contributed by atoms with Gasteiger partial charge in [0.25, 0.3) is 5.56 Å². The third kappa shape index (κ3) is 4.44. The van der Waals surface area contributed by atoms with Gasteiger partial charge in [-0.2, -0.15) is 0 Å². The molecule has 2 aromatic heterocycles. The predicted molar refractivity (Wildman–Crippen MR) is 119 cm³/mol. The summed E-state index contributed by atoms with van der Waals surface area (Å²) < 4.78 is 16.7. The van der Waals surface area contributed by atoms with Gasteiger partial charge in [0.05, 0.1) is 24.9 Å². The van der Waals surface area contributed by atoms with E-state index < -0.39 is 0 Å². The van der Waals surface area contributed by atoms with Crippen molar-refractivity contribution >= 4 is 16.9 Å². The number of hydrogen-bond donors (Lipinski definition) is 2. The minimum Gasteiger partial charge on any atom is -0.486 e. The fraction of sp³-hybridized carbons (Fsp3) is 0.417. The molecule has 1 aromatic carbocycles. The van der Waals surface area contributed by atoms with E-state index in [9.17, 15) is 9.59 Å². The zero-order chi connectivity index (χ0) is 21.9. The number of carbonyl (C=O) groups excluding carboxylic acids is 1. The number of furan rings is 1. The van der Waals surface area contributed by atoms with E-state index in [0.717, 1.165) is 31.1 Å². The Hall–Kier alpha value is -3.42. The molecule has 1 fully saturated rings. The molecule has 168 valence electrons. The highest BCUT2D eigenvalue weighted by atomic mass is 16.6. The molecule has 5 rings (SSSR count). The Balaban J connectivity index is 1.41. The van der Waals surface area contributed by atoms with Crippen molar-refractivity contribution in [1.82, 2.24) is 15.2 Å². The normalized spacial score (nSPS) is 16.1. The lowest BCUT2D eigenvalue weighted by molar-refractivity contribution is 0.172. The molecular formula is C24H27N3O5. The van der Waals surface area contributed by atoms with Crippen LogP contribution in [0.4, 0.5) is 4.79 Å². The Morgan fingerprint density at radius 3 is 2.59 bits per heavy atom. The van der Waals surface area contributed by atoms with Crippen LogP contribution in [0.1, 0.15) is 43.4 Å². The molecule has 3 heterocycles. The van der Waals surface area contributed by atoms with E-state index in [1.807, 2.05) is 18.2 Å². The molecule has 8 heteroatoms. The van der Waals surface area contributed by atoms with Crippen LogP contribution in [-0.2, 0) is 13.1 Å². The monoisotopic (exact) mass is 437 g/mol. The molecule has 1 aliphatic heterocycles. The molecular weight excluding hydrogens is 410 g/mol. The summed E-state index contributed by atoms with van der Waals surface area (Å²) in [5, 5.41) is 3.97. The minimum atomic E-state index is -0.232. The summed E-state index contributed by atoms with van der Waals surface area (Å²) in [6, 6.07) is 9.07. The summed E-state index contributed by atoms with van der Waals surface area (Å²) in [6.45, 7) is 1.43. The Morgan fingerprint density at radius 1 is 1.06 bits per heavy atom. The van der Waals surface area contributed by atoms with Crippen LogP contribution in [0, 0.1) is 0 Å². The first-order valence-corrected chi connectivity index (χ1v) is 11.2. The largest absolute Gasteiger partial charge is 0.486 e. The van der Waals surface area contributed by atoms with Gasteiger partial charge in [0.1, 0.15) is 19.0 Å². The Morgan fingerprint density at radius 2 is 1.84 bits per heavy atom. The number of rotatable bonds is 5. The molecule has 0 bridgehead atoms. The lowest BCUT2D eigenvalue weighted by atomic mass is 9.96. The SMILES string of the molecule is O=C(NC1CCCCC1)N(Cc1ccco1)Cc1cc2cc3c(cc2[nH]c1=O)OCCO3. The van der Waals surface area contributed by atoms with Crippen LogP contribution in [0.15, 0.2) is 45.8 Å². The van der Waals surface area contributed by atoms with Crippen molar-refractivity contribution < 1.29 is 18.7 Å². The first kappa shape index (κ1) is 20.5. The van der Waals surface area contributed by atoms with E-state index >= 15 is 0 Å². The van der Waals surface area contributed by atoms with Gasteiger partial charge < -0.3 is 29.1 Å². The molecule has 1 aliphatic carbocycles. The van der Waals surface area contributed by atoms with Crippen molar-refractivity contribution in [3.63, 3.8) is 0 Å². The molecule has 8 nitrogen and oxygen atoms in total. The van der Waals surface area contributed by atoms with Crippen LogP contribution >= 0.6 is 0 Å². The number of benzene rings is 1. The first-order valence-electron chi connectivity index (χ1n) is 11.2. The minimum absolute atomic E-state index is 0.166. The van der Waals surface area contributed by atoms with Crippen molar-refractivity contribution in [3.8, 4) is 11.5 Å². The maximum absolute atomic E-state index is 13.1. The highest BCUT2D eigenvalue weighted by Gasteiger charge is 2.22. The zero-order valence-electron chi connectivity index (χ0n) is 17.9. The van der Waals surface area contributed by atoms with Gasteiger partial charge in [-0.1, -0.05) is 19.3 Å². The molecule has 0 spiro atoms. The van der Waals surface area contributed by atoms with Gasteiger partial charge in [0.15, 0.2) is 11.5 Å². The van der Waals surface area contributed by atoms with E-state index in [-0.39, 0.29) is 30.7 Å². The number of aromatic amines is 1. The molecule has 2 N–H and O–H groups in total. The number of hydrogen-bond acceptors (Lipinski definition) is 5. The number of nitrogens with zero attached hydrogens (tertiary/aromatic N) is 1. The number of carbonyl (C=O) groups is 1. The number of ether oxygens (including phenoxy) is 2. The van der Waals surface area contributed by atoms with Gasteiger partial charge >= 0.3 is 6.03 Å². The molecule has 32 heavy (non-hydrogen) atoms. The lowest BCUT2D eigenvalue weighted by Gasteiger charge is -2.28. The molecule has 0 radical (unpaired) electrons. The molecule has 0 saturated heterocycles. The van der Waals surface area contributed by atoms with E-state index in [1.54, 1.807) is 23.3 Å². The Bertz CT molecular complexity index is 1150. The Labute approximate surface area is 185 Å². The Kier molecular flexibility index (Phi) is 5.75. The van der Waals surface area contributed by atoms with Crippen LogP contribution in [0.25, 0.3) is 10.9 Å². The van der Waals surface area contributed by atoms with Crippen LogP contribution in [-0.4, -0.2) is 35.2 Å². The molecule has 0 unspecified atom stereocenters. The van der Waals surface area contributed by atoms with Gasteiger partial charge in [0, 0.05) is 23.1 Å². The average molecular weight is 437 g/mol. The molecule has 3 aromatic rings. The van der Waals surface area contributed by atoms with Gasteiger partial charge in [0.2, 0.25) is 0 Å². The summed E-state index contributed by atoms with van der Waals surface area (Å²) in [4.78, 5) is 30.5. The van der Waals surface area contributed by atoms with Gasteiger partial charge in [-0.05, 0) is 37.1 Å². The fourth-order valence-corrected chi connectivity index (χ4v) is 4.41. The molecule has 0 atom stereocenters. The quantitative estimate of drug-likeness (QED) is 0.630. The number of nitrogens with one attached hydrogen (secondary N) is 2. The summed E-state index contributed by atoms with van der Waals surface area (Å²) in [7, 11) is 0. The molecule has 2 amide bonds. The van der Waals surface area contributed by atoms with E-state index in [4.69, 9.17) is 13.9 Å². The average Bonchev–Trinajstić information content (AvgIpc) is 3.32. The number of pyridine rings is 1. The van der Waals surface area contributed by atoms with E-state index in [0.29, 0.717) is 41.6 Å². The maximum Gasteiger partial charge on any atom is 0.318 e. The summed E-state index contributed by atoms with van der Waals surface area (Å²) in [6.07, 6.45) is 7.04. The third-order valence-corrected chi connectivity index (χ3v) is 6.09. The second kappa shape index (κ2) is 8.98. The van der Waals surface area contributed by atoms with Crippen molar-refractivity contribution in [1.29, 1.82) is 0 Å². The maximum atomic E-state index is 13.1.